The lowest BCUT2D eigenvalue weighted by Crippen LogP contribution is -2.50. The molecule has 1 heterocycles. The van der Waals surface area contributed by atoms with Crippen molar-refractivity contribution in [2.24, 2.45) is 0 Å². The van der Waals surface area contributed by atoms with E-state index in [0.29, 0.717) is 6.04 Å². The minimum Gasteiger partial charge on any atom is -0.480 e. The van der Waals surface area contributed by atoms with Gasteiger partial charge in [0.2, 0.25) is 0 Å². The van der Waals surface area contributed by atoms with Gasteiger partial charge in [-0.1, -0.05) is 38.5 Å². The second-order valence-corrected chi connectivity index (χ2v) is 5.59. The Kier molecular flexibility index (Phi) is 4.84. The van der Waals surface area contributed by atoms with Gasteiger partial charge in [-0.3, -0.25) is 9.69 Å². The molecule has 1 aliphatic heterocycles. The predicted octanol–water partition coefficient (Wildman–Crippen LogP) is 3.04. The summed E-state index contributed by atoms with van der Waals surface area (Å²) in [7, 11) is 0. The smallest absolute Gasteiger partial charge is 0.320 e. The third-order valence-electron chi connectivity index (χ3n) is 4.37. The molecule has 17 heavy (non-hydrogen) atoms. The van der Waals surface area contributed by atoms with Crippen molar-refractivity contribution >= 4 is 5.97 Å². The molecule has 0 spiro atoms. The molecule has 0 aromatic rings. The summed E-state index contributed by atoms with van der Waals surface area (Å²) in [5.74, 6) is -0.605. The highest BCUT2D eigenvalue weighted by Crippen LogP contribution is 2.27. The van der Waals surface area contributed by atoms with Gasteiger partial charge in [0.25, 0.3) is 0 Å². The van der Waals surface area contributed by atoms with E-state index in [0.717, 1.165) is 19.4 Å². The van der Waals surface area contributed by atoms with Gasteiger partial charge in [-0.25, -0.2) is 0 Å². The van der Waals surface area contributed by atoms with Crippen molar-refractivity contribution in [3.8, 4) is 0 Å². The van der Waals surface area contributed by atoms with E-state index in [1.165, 1.54) is 51.4 Å². The Bertz CT molecular complexity index is 247. The standard InChI is InChI=1S/C14H25NO2/c16-14(17)13-10-6-7-11-15(13)12-8-4-2-1-3-5-9-12/h12-13H,1-11H2,(H,16,17). The Hall–Kier alpha value is -0.570. The van der Waals surface area contributed by atoms with Gasteiger partial charge in [-0.05, 0) is 32.2 Å². The van der Waals surface area contributed by atoms with E-state index in [-0.39, 0.29) is 6.04 Å². The van der Waals surface area contributed by atoms with E-state index in [2.05, 4.69) is 4.90 Å². The summed E-state index contributed by atoms with van der Waals surface area (Å²) >= 11 is 0. The molecular formula is C14H25NO2. The van der Waals surface area contributed by atoms with Gasteiger partial charge in [0, 0.05) is 6.04 Å². The van der Waals surface area contributed by atoms with Crippen molar-refractivity contribution in [3.63, 3.8) is 0 Å². The molecule has 0 amide bonds. The topological polar surface area (TPSA) is 40.5 Å². The Morgan fingerprint density at radius 2 is 1.47 bits per heavy atom. The Balaban J connectivity index is 1.98. The molecule has 0 radical (unpaired) electrons. The van der Waals surface area contributed by atoms with Gasteiger partial charge in [0.15, 0.2) is 0 Å². The molecule has 0 bridgehead atoms. The summed E-state index contributed by atoms with van der Waals surface area (Å²) < 4.78 is 0. The van der Waals surface area contributed by atoms with Crippen LogP contribution in [0.3, 0.4) is 0 Å². The minimum absolute atomic E-state index is 0.201. The normalized spacial score (nSPS) is 29.5. The number of likely N-dealkylation sites (tertiary alicyclic amines) is 1. The first kappa shape index (κ1) is 12.9. The number of carboxylic acid groups (broad SMARTS) is 1. The maximum Gasteiger partial charge on any atom is 0.320 e. The van der Waals surface area contributed by atoms with Crippen molar-refractivity contribution in [2.45, 2.75) is 76.3 Å². The van der Waals surface area contributed by atoms with Crippen LogP contribution < -0.4 is 0 Å². The van der Waals surface area contributed by atoms with Gasteiger partial charge in [0.05, 0.1) is 0 Å². The van der Waals surface area contributed by atoms with Gasteiger partial charge < -0.3 is 5.11 Å². The van der Waals surface area contributed by atoms with Crippen LogP contribution in [-0.4, -0.2) is 34.6 Å². The Morgan fingerprint density at radius 3 is 2.12 bits per heavy atom. The van der Waals surface area contributed by atoms with Crippen LogP contribution >= 0.6 is 0 Å². The molecule has 0 aromatic heterocycles. The molecule has 3 nitrogen and oxygen atoms in total. The number of rotatable bonds is 2. The van der Waals surface area contributed by atoms with Crippen LogP contribution in [0.4, 0.5) is 0 Å². The van der Waals surface area contributed by atoms with Crippen LogP contribution in [0.2, 0.25) is 0 Å². The maximum atomic E-state index is 11.3. The molecule has 1 saturated heterocycles. The van der Waals surface area contributed by atoms with Crippen molar-refractivity contribution < 1.29 is 9.90 Å². The molecular weight excluding hydrogens is 214 g/mol. The highest BCUT2D eigenvalue weighted by molar-refractivity contribution is 5.73. The predicted molar refractivity (Wildman–Crippen MR) is 68.1 cm³/mol. The first-order chi connectivity index (χ1) is 8.29. The summed E-state index contributed by atoms with van der Waals surface area (Å²) in [4.78, 5) is 13.6. The van der Waals surface area contributed by atoms with E-state index in [9.17, 15) is 9.90 Å². The average Bonchev–Trinajstić information content (AvgIpc) is 2.28. The second kappa shape index (κ2) is 6.39. The summed E-state index contributed by atoms with van der Waals surface area (Å²) in [6, 6.07) is 0.338. The lowest BCUT2D eigenvalue weighted by Gasteiger charge is -2.40. The minimum atomic E-state index is -0.605. The molecule has 2 fully saturated rings. The van der Waals surface area contributed by atoms with Crippen LogP contribution in [-0.2, 0) is 4.79 Å². The second-order valence-electron chi connectivity index (χ2n) is 5.59. The largest absolute Gasteiger partial charge is 0.480 e. The summed E-state index contributed by atoms with van der Waals surface area (Å²) in [6.07, 6.45) is 12.2. The van der Waals surface area contributed by atoms with Crippen molar-refractivity contribution in [3.05, 3.63) is 0 Å². The van der Waals surface area contributed by atoms with Crippen molar-refractivity contribution in [1.29, 1.82) is 0 Å². The number of carboxylic acids is 1. The third kappa shape index (κ3) is 3.44. The molecule has 98 valence electrons. The molecule has 3 heteroatoms. The highest BCUT2D eigenvalue weighted by Gasteiger charge is 2.33. The fraction of sp³-hybridized carbons (Fsp3) is 0.929. The molecule has 1 unspecified atom stereocenters. The summed E-state index contributed by atoms with van der Waals surface area (Å²) in [6.45, 7) is 1.00. The van der Waals surface area contributed by atoms with Gasteiger partial charge >= 0.3 is 5.97 Å². The van der Waals surface area contributed by atoms with Crippen molar-refractivity contribution in [2.75, 3.05) is 6.54 Å². The van der Waals surface area contributed by atoms with E-state index < -0.39 is 5.97 Å². The zero-order chi connectivity index (χ0) is 12.1. The van der Waals surface area contributed by atoms with E-state index in [1.54, 1.807) is 0 Å². The molecule has 2 rings (SSSR count). The van der Waals surface area contributed by atoms with Crippen LogP contribution in [0.1, 0.15) is 64.2 Å². The molecule has 1 saturated carbocycles. The van der Waals surface area contributed by atoms with E-state index in [4.69, 9.17) is 0 Å². The maximum absolute atomic E-state index is 11.3. The van der Waals surface area contributed by atoms with Crippen LogP contribution in [0.5, 0.6) is 0 Å². The zero-order valence-electron chi connectivity index (χ0n) is 10.7. The van der Waals surface area contributed by atoms with Crippen LogP contribution in [0.15, 0.2) is 0 Å². The van der Waals surface area contributed by atoms with Crippen LogP contribution in [0.25, 0.3) is 0 Å². The fourth-order valence-corrected chi connectivity index (χ4v) is 3.42. The number of hydrogen-bond acceptors (Lipinski definition) is 2. The number of aliphatic carboxylic acids is 1. The number of nitrogens with zero attached hydrogens (tertiary/aromatic N) is 1. The van der Waals surface area contributed by atoms with Crippen molar-refractivity contribution in [1.82, 2.24) is 4.90 Å². The molecule has 1 aliphatic carbocycles. The molecule has 2 aliphatic rings. The summed E-state index contributed by atoms with van der Waals surface area (Å²) in [5.41, 5.74) is 0. The zero-order valence-corrected chi connectivity index (χ0v) is 10.7. The molecule has 0 aromatic carbocycles. The van der Waals surface area contributed by atoms with E-state index in [1.807, 2.05) is 0 Å². The Labute approximate surface area is 104 Å². The van der Waals surface area contributed by atoms with Gasteiger partial charge in [-0.2, -0.15) is 0 Å². The average molecular weight is 239 g/mol. The van der Waals surface area contributed by atoms with E-state index >= 15 is 0 Å². The first-order valence-electron chi connectivity index (χ1n) is 7.27. The third-order valence-corrected chi connectivity index (χ3v) is 4.37. The quantitative estimate of drug-likeness (QED) is 0.805. The fourth-order valence-electron chi connectivity index (χ4n) is 3.42. The lowest BCUT2D eigenvalue weighted by molar-refractivity contribution is -0.146. The Morgan fingerprint density at radius 1 is 0.882 bits per heavy atom. The SMILES string of the molecule is O=C(O)C1CCCCN1C1CCCCCCC1. The van der Waals surface area contributed by atoms with Gasteiger partial charge in [0.1, 0.15) is 6.04 Å². The number of piperidine rings is 1. The number of hydrogen-bond donors (Lipinski definition) is 1. The molecule has 1 N–H and O–H groups in total. The lowest BCUT2D eigenvalue weighted by atomic mass is 9.91. The van der Waals surface area contributed by atoms with Crippen LogP contribution in [0, 0.1) is 0 Å². The number of carbonyl (C=O) groups is 1. The summed E-state index contributed by atoms with van der Waals surface area (Å²) in [5, 5.41) is 9.32. The molecule has 1 atom stereocenters. The van der Waals surface area contributed by atoms with Gasteiger partial charge in [-0.15, -0.1) is 0 Å². The first-order valence-corrected chi connectivity index (χ1v) is 7.27. The monoisotopic (exact) mass is 239 g/mol. The highest BCUT2D eigenvalue weighted by atomic mass is 16.4.